The molecule has 1 aromatic rings. The molecular weight excluding hydrogens is 413 g/mol. The van der Waals surface area contributed by atoms with E-state index in [9.17, 15) is 0 Å². The number of halogens is 2. The maximum Gasteiger partial charge on any atom is 0.191 e. The number of hydrogen-bond acceptors (Lipinski definition) is 2. The molecule has 17 heavy (non-hydrogen) atoms. The fourth-order valence-corrected chi connectivity index (χ4v) is 2.93. The van der Waals surface area contributed by atoms with E-state index < -0.39 is 0 Å². The van der Waals surface area contributed by atoms with Gasteiger partial charge in [-0.05, 0) is 40.4 Å². The van der Waals surface area contributed by atoms with Crippen LogP contribution in [0.2, 0.25) is 0 Å². The van der Waals surface area contributed by atoms with Crippen LogP contribution in [0.25, 0.3) is 0 Å². The summed E-state index contributed by atoms with van der Waals surface area (Å²) in [4.78, 5) is 5.52. The maximum absolute atomic E-state index is 4.21. The van der Waals surface area contributed by atoms with Crippen LogP contribution in [0.1, 0.15) is 18.2 Å². The number of nitrogens with zero attached hydrogens (tertiary/aromatic N) is 1. The van der Waals surface area contributed by atoms with E-state index in [1.165, 1.54) is 15.1 Å². The molecule has 0 radical (unpaired) electrons. The first-order valence-corrected chi connectivity index (χ1v) is 7.01. The maximum atomic E-state index is 4.21. The molecule has 1 aliphatic carbocycles. The standard InChI is InChI=1S/C11H16BrN3S.HI/c1-7-5-9(7)15-11(13-2)14-6-8-3-4-10(12)16-8;/h3-4,7,9H,5-6H2,1-2H3,(H2,13,14,15);1H. The fraction of sp³-hybridized carbons (Fsp3) is 0.545. The smallest absolute Gasteiger partial charge is 0.191 e. The molecule has 1 heterocycles. The quantitative estimate of drug-likeness (QED) is 0.439. The fourth-order valence-electron chi connectivity index (χ4n) is 1.51. The Bertz CT molecular complexity index is 394. The molecule has 1 fully saturated rings. The molecule has 6 heteroatoms. The summed E-state index contributed by atoms with van der Waals surface area (Å²) in [6.45, 7) is 3.08. The molecule has 96 valence electrons. The summed E-state index contributed by atoms with van der Waals surface area (Å²) in [7, 11) is 1.81. The number of nitrogens with one attached hydrogen (secondary N) is 2. The number of rotatable bonds is 3. The third-order valence-electron chi connectivity index (χ3n) is 2.71. The van der Waals surface area contributed by atoms with E-state index in [1.807, 2.05) is 7.05 Å². The molecule has 1 aliphatic rings. The van der Waals surface area contributed by atoms with Gasteiger partial charge in [-0.25, -0.2) is 0 Å². The highest BCUT2D eigenvalue weighted by Crippen LogP contribution is 2.28. The van der Waals surface area contributed by atoms with E-state index in [0.717, 1.165) is 18.4 Å². The average Bonchev–Trinajstić information content (AvgIpc) is 2.78. The van der Waals surface area contributed by atoms with Gasteiger partial charge in [-0.2, -0.15) is 0 Å². The molecule has 0 aliphatic heterocycles. The van der Waals surface area contributed by atoms with Crippen LogP contribution in [0.4, 0.5) is 0 Å². The lowest BCUT2D eigenvalue weighted by Gasteiger charge is -2.10. The molecule has 0 amide bonds. The van der Waals surface area contributed by atoms with Gasteiger partial charge in [0.15, 0.2) is 5.96 Å². The Morgan fingerprint density at radius 1 is 1.59 bits per heavy atom. The molecule has 1 aromatic heterocycles. The van der Waals surface area contributed by atoms with Crippen molar-refractivity contribution in [3.05, 3.63) is 20.8 Å². The molecule has 2 N–H and O–H groups in total. The first-order valence-electron chi connectivity index (χ1n) is 5.40. The zero-order chi connectivity index (χ0) is 11.5. The highest BCUT2D eigenvalue weighted by atomic mass is 127. The van der Waals surface area contributed by atoms with Gasteiger partial charge in [-0.15, -0.1) is 35.3 Å². The Morgan fingerprint density at radius 3 is 2.76 bits per heavy atom. The summed E-state index contributed by atoms with van der Waals surface area (Å²) in [6.07, 6.45) is 1.26. The minimum Gasteiger partial charge on any atom is -0.353 e. The summed E-state index contributed by atoms with van der Waals surface area (Å²) in [5, 5.41) is 6.72. The van der Waals surface area contributed by atoms with Gasteiger partial charge in [0, 0.05) is 18.0 Å². The number of aliphatic imine (C=N–C) groups is 1. The zero-order valence-electron chi connectivity index (χ0n) is 9.87. The Balaban J connectivity index is 0.00000144. The van der Waals surface area contributed by atoms with Crippen molar-refractivity contribution in [2.45, 2.75) is 25.9 Å². The molecule has 0 saturated heterocycles. The van der Waals surface area contributed by atoms with E-state index in [2.05, 4.69) is 50.6 Å². The predicted molar refractivity (Wildman–Crippen MR) is 88.3 cm³/mol. The van der Waals surface area contributed by atoms with Crippen LogP contribution in [0, 0.1) is 5.92 Å². The summed E-state index contributed by atoms with van der Waals surface area (Å²) in [5.74, 6) is 1.69. The van der Waals surface area contributed by atoms with Gasteiger partial charge in [0.2, 0.25) is 0 Å². The highest BCUT2D eigenvalue weighted by molar-refractivity contribution is 14.0. The molecule has 0 spiro atoms. The Kier molecular flexibility index (Phi) is 6.22. The molecule has 2 atom stereocenters. The molecule has 0 aromatic carbocycles. The van der Waals surface area contributed by atoms with E-state index in [4.69, 9.17) is 0 Å². The predicted octanol–water partition coefficient (Wildman–Crippen LogP) is 3.20. The van der Waals surface area contributed by atoms with Crippen molar-refractivity contribution in [3.63, 3.8) is 0 Å². The van der Waals surface area contributed by atoms with Crippen molar-refractivity contribution in [1.82, 2.24) is 10.6 Å². The molecule has 2 rings (SSSR count). The Labute approximate surface area is 132 Å². The first kappa shape index (κ1) is 15.2. The third-order valence-corrected chi connectivity index (χ3v) is 4.34. The van der Waals surface area contributed by atoms with Crippen LogP contribution < -0.4 is 10.6 Å². The molecule has 0 bridgehead atoms. The second-order valence-corrected chi connectivity index (χ2v) is 6.64. The highest BCUT2D eigenvalue weighted by Gasteiger charge is 2.33. The van der Waals surface area contributed by atoms with Crippen LogP contribution >= 0.6 is 51.2 Å². The van der Waals surface area contributed by atoms with E-state index in [-0.39, 0.29) is 24.0 Å². The number of guanidine groups is 1. The van der Waals surface area contributed by atoms with Crippen molar-refractivity contribution in [1.29, 1.82) is 0 Å². The van der Waals surface area contributed by atoms with Gasteiger partial charge in [-0.1, -0.05) is 6.92 Å². The van der Waals surface area contributed by atoms with Crippen LogP contribution in [0.3, 0.4) is 0 Å². The van der Waals surface area contributed by atoms with Crippen LogP contribution in [0.15, 0.2) is 20.9 Å². The van der Waals surface area contributed by atoms with E-state index in [1.54, 1.807) is 11.3 Å². The third kappa shape index (κ3) is 4.75. The summed E-state index contributed by atoms with van der Waals surface area (Å²) < 4.78 is 1.17. The van der Waals surface area contributed by atoms with Crippen molar-refractivity contribution < 1.29 is 0 Å². The van der Waals surface area contributed by atoms with Crippen LogP contribution in [-0.4, -0.2) is 19.0 Å². The summed E-state index contributed by atoms with van der Waals surface area (Å²) >= 11 is 5.21. The Morgan fingerprint density at radius 2 is 2.29 bits per heavy atom. The number of thiophene rings is 1. The van der Waals surface area contributed by atoms with E-state index in [0.29, 0.717) is 6.04 Å². The average molecular weight is 430 g/mol. The van der Waals surface area contributed by atoms with E-state index >= 15 is 0 Å². The van der Waals surface area contributed by atoms with Crippen molar-refractivity contribution in [3.8, 4) is 0 Å². The van der Waals surface area contributed by atoms with Crippen LogP contribution in [0.5, 0.6) is 0 Å². The van der Waals surface area contributed by atoms with Crippen molar-refractivity contribution >= 4 is 57.2 Å². The topological polar surface area (TPSA) is 36.4 Å². The van der Waals surface area contributed by atoms with Gasteiger partial charge in [-0.3, -0.25) is 4.99 Å². The van der Waals surface area contributed by atoms with Gasteiger partial charge >= 0.3 is 0 Å². The molecular formula is C11H17BrIN3S. The van der Waals surface area contributed by atoms with Gasteiger partial charge in [0.1, 0.15) is 0 Å². The second kappa shape index (κ2) is 6.94. The van der Waals surface area contributed by atoms with Gasteiger partial charge in [0.05, 0.1) is 10.3 Å². The normalized spacial score (nSPS) is 22.9. The summed E-state index contributed by atoms with van der Waals surface area (Å²) in [5.41, 5.74) is 0. The molecule has 1 saturated carbocycles. The minimum atomic E-state index is 0. The lowest BCUT2D eigenvalue weighted by atomic mass is 10.4. The monoisotopic (exact) mass is 429 g/mol. The van der Waals surface area contributed by atoms with Crippen LogP contribution in [-0.2, 0) is 6.54 Å². The van der Waals surface area contributed by atoms with Crippen molar-refractivity contribution in [2.24, 2.45) is 10.9 Å². The zero-order valence-corrected chi connectivity index (χ0v) is 14.6. The number of hydrogen-bond donors (Lipinski definition) is 2. The first-order chi connectivity index (χ1) is 7.69. The second-order valence-electron chi connectivity index (χ2n) is 4.10. The largest absolute Gasteiger partial charge is 0.353 e. The minimum absolute atomic E-state index is 0. The lowest BCUT2D eigenvalue weighted by Crippen LogP contribution is -2.38. The van der Waals surface area contributed by atoms with Gasteiger partial charge in [0.25, 0.3) is 0 Å². The molecule has 2 unspecified atom stereocenters. The van der Waals surface area contributed by atoms with Gasteiger partial charge < -0.3 is 10.6 Å². The SMILES string of the molecule is CN=C(NCc1ccc(Br)s1)NC1CC1C.I. The van der Waals surface area contributed by atoms with Crippen molar-refractivity contribution in [2.75, 3.05) is 7.05 Å². The lowest BCUT2D eigenvalue weighted by molar-refractivity contribution is 0.766. The molecule has 3 nitrogen and oxygen atoms in total. The Hall–Kier alpha value is 0.180. The summed E-state index contributed by atoms with van der Waals surface area (Å²) in [6, 6.07) is 4.80.